The Bertz CT molecular complexity index is 280. The third-order valence-electron chi connectivity index (χ3n) is 2.60. The van der Waals surface area contributed by atoms with E-state index in [1.54, 1.807) is 0 Å². The molecule has 1 heterocycles. The van der Waals surface area contributed by atoms with E-state index in [-0.39, 0.29) is 0 Å². The number of hydrogen-bond acceptors (Lipinski definition) is 3. The second-order valence-electron chi connectivity index (χ2n) is 4.23. The number of likely N-dealkylation sites (N-methyl/N-ethyl adjacent to an activating group) is 1. The minimum Gasteiger partial charge on any atom is -0.310 e. The third-order valence-corrected chi connectivity index (χ3v) is 2.60. The molecule has 0 aliphatic carbocycles. The van der Waals surface area contributed by atoms with Crippen LogP contribution >= 0.6 is 0 Å². The van der Waals surface area contributed by atoms with E-state index in [0.717, 1.165) is 25.3 Å². The van der Waals surface area contributed by atoms with Gasteiger partial charge < -0.3 is 10.2 Å². The van der Waals surface area contributed by atoms with Gasteiger partial charge in [0, 0.05) is 38.9 Å². The molecule has 1 aromatic rings. The first-order chi connectivity index (χ1) is 7.09. The van der Waals surface area contributed by atoms with Crippen LogP contribution in [0.15, 0.2) is 12.3 Å². The van der Waals surface area contributed by atoms with E-state index >= 15 is 0 Å². The smallest absolute Gasteiger partial charge is 0.0762 e. The summed E-state index contributed by atoms with van der Waals surface area (Å²) in [6.07, 6.45) is 1.97. The molecular weight excluding hydrogens is 188 g/mol. The molecule has 4 heteroatoms. The molecule has 0 bridgehead atoms. The maximum Gasteiger partial charge on any atom is 0.0762 e. The monoisotopic (exact) mass is 210 g/mol. The van der Waals surface area contributed by atoms with Crippen LogP contribution in [0, 0.1) is 0 Å². The van der Waals surface area contributed by atoms with Crippen molar-refractivity contribution >= 4 is 0 Å². The van der Waals surface area contributed by atoms with E-state index in [4.69, 9.17) is 0 Å². The SMILES string of the molecule is CC(C)N(C)CCNCc1ccn(C)n1. The van der Waals surface area contributed by atoms with Gasteiger partial charge in [-0.2, -0.15) is 5.10 Å². The van der Waals surface area contributed by atoms with Crippen molar-refractivity contribution in [2.75, 3.05) is 20.1 Å². The van der Waals surface area contributed by atoms with Crippen molar-refractivity contribution in [3.63, 3.8) is 0 Å². The van der Waals surface area contributed by atoms with Crippen LogP contribution in [0.4, 0.5) is 0 Å². The lowest BCUT2D eigenvalue weighted by molar-refractivity contribution is 0.273. The molecule has 1 rings (SSSR count). The summed E-state index contributed by atoms with van der Waals surface area (Å²) in [6, 6.07) is 2.65. The van der Waals surface area contributed by atoms with Crippen molar-refractivity contribution in [2.24, 2.45) is 7.05 Å². The molecule has 15 heavy (non-hydrogen) atoms. The van der Waals surface area contributed by atoms with E-state index in [1.807, 2.05) is 24.0 Å². The minimum absolute atomic E-state index is 0.613. The summed E-state index contributed by atoms with van der Waals surface area (Å²) in [5.74, 6) is 0. The van der Waals surface area contributed by atoms with E-state index < -0.39 is 0 Å². The molecule has 0 unspecified atom stereocenters. The van der Waals surface area contributed by atoms with Gasteiger partial charge in [0.05, 0.1) is 5.69 Å². The maximum absolute atomic E-state index is 4.30. The largest absolute Gasteiger partial charge is 0.310 e. The predicted octanol–water partition coefficient (Wildman–Crippen LogP) is 0.850. The van der Waals surface area contributed by atoms with Crippen molar-refractivity contribution in [3.8, 4) is 0 Å². The highest BCUT2D eigenvalue weighted by Gasteiger charge is 2.02. The summed E-state index contributed by atoms with van der Waals surface area (Å²) in [6.45, 7) is 7.35. The molecule has 0 spiro atoms. The Balaban J connectivity index is 2.12. The fraction of sp³-hybridized carbons (Fsp3) is 0.727. The molecule has 0 aromatic carbocycles. The maximum atomic E-state index is 4.30. The normalized spacial score (nSPS) is 11.6. The van der Waals surface area contributed by atoms with Crippen LogP contribution in [-0.4, -0.2) is 40.9 Å². The number of aromatic nitrogens is 2. The molecule has 0 aliphatic rings. The fourth-order valence-corrected chi connectivity index (χ4v) is 1.29. The summed E-state index contributed by atoms with van der Waals surface area (Å²) in [4.78, 5) is 2.32. The number of nitrogens with zero attached hydrogens (tertiary/aromatic N) is 3. The zero-order valence-corrected chi connectivity index (χ0v) is 10.2. The van der Waals surface area contributed by atoms with Crippen LogP contribution in [0.2, 0.25) is 0 Å². The zero-order valence-electron chi connectivity index (χ0n) is 10.2. The fourth-order valence-electron chi connectivity index (χ4n) is 1.29. The second-order valence-corrected chi connectivity index (χ2v) is 4.23. The molecule has 0 saturated carbocycles. The van der Waals surface area contributed by atoms with Gasteiger partial charge in [-0.05, 0) is 27.0 Å². The van der Waals surface area contributed by atoms with Gasteiger partial charge in [-0.3, -0.25) is 4.68 Å². The highest BCUT2D eigenvalue weighted by Crippen LogP contribution is 1.94. The molecule has 1 aromatic heterocycles. The lowest BCUT2D eigenvalue weighted by Gasteiger charge is -2.20. The summed E-state index contributed by atoms with van der Waals surface area (Å²) < 4.78 is 1.83. The third kappa shape index (κ3) is 4.44. The Kier molecular flexibility index (Phi) is 4.78. The number of aryl methyl sites for hydroxylation is 1. The molecule has 4 nitrogen and oxygen atoms in total. The standard InChI is InChI=1S/C11H22N4/c1-10(2)14(3)8-6-12-9-11-5-7-15(4)13-11/h5,7,10,12H,6,8-9H2,1-4H3. The molecule has 86 valence electrons. The van der Waals surface area contributed by atoms with Crippen molar-refractivity contribution in [1.29, 1.82) is 0 Å². The molecule has 0 radical (unpaired) electrons. The Morgan fingerprint density at radius 3 is 2.80 bits per heavy atom. The lowest BCUT2D eigenvalue weighted by Crippen LogP contribution is -2.33. The van der Waals surface area contributed by atoms with Gasteiger partial charge in [0.2, 0.25) is 0 Å². The lowest BCUT2D eigenvalue weighted by atomic mass is 10.3. The van der Waals surface area contributed by atoms with Gasteiger partial charge in [-0.1, -0.05) is 0 Å². The van der Waals surface area contributed by atoms with Gasteiger partial charge in [0.1, 0.15) is 0 Å². The summed E-state index contributed by atoms with van der Waals surface area (Å²) in [5, 5.41) is 7.69. The molecule has 0 saturated heterocycles. The minimum atomic E-state index is 0.613. The van der Waals surface area contributed by atoms with Gasteiger partial charge in [-0.15, -0.1) is 0 Å². The van der Waals surface area contributed by atoms with Crippen molar-refractivity contribution in [1.82, 2.24) is 20.0 Å². The molecule has 0 fully saturated rings. The second kappa shape index (κ2) is 5.88. The quantitative estimate of drug-likeness (QED) is 0.707. The Morgan fingerprint density at radius 2 is 2.27 bits per heavy atom. The highest BCUT2D eigenvalue weighted by atomic mass is 15.3. The number of nitrogens with one attached hydrogen (secondary N) is 1. The average molecular weight is 210 g/mol. The molecule has 0 atom stereocenters. The highest BCUT2D eigenvalue weighted by molar-refractivity contribution is 4.97. The van der Waals surface area contributed by atoms with Gasteiger partial charge in [0.25, 0.3) is 0 Å². The first-order valence-corrected chi connectivity index (χ1v) is 5.49. The molecule has 0 aliphatic heterocycles. The summed E-state index contributed by atoms with van der Waals surface area (Å²) in [7, 11) is 4.09. The van der Waals surface area contributed by atoms with Crippen LogP contribution in [0.3, 0.4) is 0 Å². The molecule has 0 amide bonds. The van der Waals surface area contributed by atoms with Gasteiger partial charge >= 0.3 is 0 Å². The topological polar surface area (TPSA) is 33.1 Å². The summed E-state index contributed by atoms with van der Waals surface area (Å²) >= 11 is 0. The van der Waals surface area contributed by atoms with Crippen molar-refractivity contribution in [3.05, 3.63) is 18.0 Å². The van der Waals surface area contributed by atoms with E-state index in [1.165, 1.54) is 0 Å². The molecular formula is C11H22N4. The Labute approximate surface area is 92.3 Å². The predicted molar refractivity (Wildman–Crippen MR) is 62.7 cm³/mol. The van der Waals surface area contributed by atoms with Gasteiger partial charge in [-0.25, -0.2) is 0 Å². The van der Waals surface area contributed by atoms with E-state index in [2.05, 4.69) is 36.2 Å². The van der Waals surface area contributed by atoms with Crippen LogP contribution < -0.4 is 5.32 Å². The zero-order chi connectivity index (χ0) is 11.3. The van der Waals surface area contributed by atoms with Crippen LogP contribution in [-0.2, 0) is 13.6 Å². The average Bonchev–Trinajstić information content (AvgIpc) is 2.58. The first kappa shape index (κ1) is 12.2. The van der Waals surface area contributed by atoms with Crippen molar-refractivity contribution in [2.45, 2.75) is 26.4 Å². The van der Waals surface area contributed by atoms with E-state index in [0.29, 0.717) is 6.04 Å². The molecule has 1 N–H and O–H groups in total. The van der Waals surface area contributed by atoms with Crippen LogP contribution in [0.25, 0.3) is 0 Å². The van der Waals surface area contributed by atoms with E-state index in [9.17, 15) is 0 Å². The van der Waals surface area contributed by atoms with Gasteiger partial charge in [0.15, 0.2) is 0 Å². The van der Waals surface area contributed by atoms with Crippen molar-refractivity contribution < 1.29 is 0 Å². The number of hydrogen-bond donors (Lipinski definition) is 1. The number of rotatable bonds is 6. The van der Waals surface area contributed by atoms with Crippen LogP contribution in [0.1, 0.15) is 19.5 Å². The Morgan fingerprint density at radius 1 is 1.53 bits per heavy atom. The summed E-state index contributed by atoms with van der Waals surface area (Å²) in [5.41, 5.74) is 1.10. The Hall–Kier alpha value is -0.870. The van der Waals surface area contributed by atoms with Crippen LogP contribution in [0.5, 0.6) is 0 Å². The first-order valence-electron chi connectivity index (χ1n) is 5.49.